The lowest BCUT2D eigenvalue weighted by Crippen LogP contribution is -2.46. The van der Waals surface area contributed by atoms with E-state index in [1.165, 1.54) is 16.7 Å². The third-order valence-electron chi connectivity index (χ3n) is 3.98. The van der Waals surface area contributed by atoms with Gasteiger partial charge in [0.1, 0.15) is 6.61 Å². The molecule has 0 saturated carbocycles. The van der Waals surface area contributed by atoms with Gasteiger partial charge >= 0.3 is 0 Å². The van der Waals surface area contributed by atoms with Crippen molar-refractivity contribution in [3.05, 3.63) is 71.3 Å². The first-order chi connectivity index (χ1) is 11.5. The topological polar surface area (TPSA) is 38.3 Å². The number of carbonyl (C=O) groups is 1. The molecule has 128 valence electrons. The predicted molar refractivity (Wildman–Crippen MR) is 98.1 cm³/mol. The van der Waals surface area contributed by atoms with E-state index in [1.54, 1.807) is 0 Å². The zero-order valence-corrected chi connectivity index (χ0v) is 14.8. The van der Waals surface area contributed by atoms with Gasteiger partial charge in [0, 0.05) is 5.54 Å². The van der Waals surface area contributed by atoms with Crippen LogP contribution >= 0.6 is 0 Å². The monoisotopic (exact) mass is 325 g/mol. The number of aryl methyl sites for hydroxylation is 1. The van der Waals surface area contributed by atoms with Gasteiger partial charge in [-0.05, 0) is 50.3 Å². The van der Waals surface area contributed by atoms with Gasteiger partial charge in [0.2, 0.25) is 5.91 Å². The first-order valence-electron chi connectivity index (χ1n) is 8.43. The summed E-state index contributed by atoms with van der Waals surface area (Å²) in [5.41, 5.74) is 3.43. The second kappa shape index (κ2) is 8.65. The van der Waals surface area contributed by atoms with E-state index in [9.17, 15) is 4.79 Å². The van der Waals surface area contributed by atoms with Gasteiger partial charge in [-0.25, -0.2) is 0 Å². The smallest absolute Gasteiger partial charge is 0.246 e. The van der Waals surface area contributed by atoms with Crippen molar-refractivity contribution in [3.63, 3.8) is 0 Å². The van der Waals surface area contributed by atoms with Gasteiger partial charge in [-0.2, -0.15) is 0 Å². The van der Waals surface area contributed by atoms with E-state index in [0.29, 0.717) is 6.61 Å². The highest BCUT2D eigenvalue weighted by Gasteiger charge is 2.21. The molecule has 0 spiro atoms. The number of carbonyl (C=O) groups excluding carboxylic acids is 1. The number of nitrogens with one attached hydrogen (secondary N) is 1. The number of hydrogen-bond donors (Lipinski definition) is 1. The Balaban J connectivity index is 1.73. The van der Waals surface area contributed by atoms with Crippen LogP contribution in [0.5, 0.6) is 0 Å². The number of amides is 1. The summed E-state index contributed by atoms with van der Waals surface area (Å²) in [7, 11) is 0. The number of ether oxygens (including phenoxy) is 1. The van der Waals surface area contributed by atoms with Crippen molar-refractivity contribution < 1.29 is 9.53 Å². The van der Waals surface area contributed by atoms with Gasteiger partial charge in [0.25, 0.3) is 0 Å². The summed E-state index contributed by atoms with van der Waals surface area (Å²) in [4.78, 5) is 12.1. The van der Waals surface area contributed by atoms with Crippen LogP contribution in [-0.2, 0) is 22.4 Å². The van der Waals surface area contributed by atoms with Crippen LogP contribution < -0.4 is 5.32 Å². The van der Waals surface area contributed by atoms with Crippen molar-refractivity contribution in [1.82, 2.24) is 5.32 Å². The Bertz CT molecular complexity index is 650. The standard InChI is InChI=1S/C21H27NO2/c1-17-9-7-8-12-19(17)15-21(2,3)22-20(23)16-24-14-13-18-10-5-4-6-11-18/h4-12H,13-16H2,1-3H3,(H,22,23). The van der Waals surface area contributed by atoms with Crippen LogP contribution in [0.15, 0.2) is 54.6 Å². The Hall–Kier alpha value is -2.13. The summed E-state index contributed by atoms with van der Waals surface area (Å²) < 4.78 is 5.51. The number of benzene rings is 2. The maximum Gasteiger partial charge on any atom is 0.246 e. The minimum atomic E-state index is -0.300. The second-order valence-corrected chi connectivity index (χ2v) is 6.82. The van der Waals surface area contributed by atoms with Crippen LogP contribution in [-0.4, -0.2) is 24.7 Å². The molecular formula is C21H27NO2. The normalized spacial score (nSPS) is 11.3. The molecule has 2 rings (SSSR count). The van der Waals surface area contributed by atoms with Gasteiger partial charge in [-0.3, -0.25) is 4.79 Å². The Kier molecular flexibility index (Phi) is 6.56. The molecular weight excluding hydrogens is 298 g/mol. The summed E-state index contributed by atoms with van der Waals surface area (Å²) in [6, 6.07) is 18.4. The molecule has 0 aliphatic rings. The molecule has 3 heteroatoms. The van der Waals surface area contributed by atoms with E-state index in [0.717, 1.165) is 12.8 Å². The zero-order valence-electron chi connectivity index (χ0n) is 14.8. The summed E-state index contributed by atoms with van der Waals surface area (Å²) in [5, 5.41) is 3.07. The SMILES string of the molecule is Cc1ccccc1CC(C)(C)NC(=O)COCCc1ccccc1. The molecule has 0 atom stereocenters. The highest BCUT2D eigenvalue weighted by molar-refractivity contribution is 5.78. The van der Waals surface area contributed by atoms with E-state index in [4.69, 9.17) is 4.74 Å². The van der Waals surface area contributed by atoms with E-state index in [2.05, 4.69) is 36.5 Å². The highest BCUT2D eigenvalue weighted by Crippen LogP contribution is 2.16. The molecule has 0 unspecified atom stereocenters. The van der Waals surface area contributed by atoms with E-state index >= 15 is 0 Å². The summed E-state index contributed by atoms with van der Waals surface area (Å²) in [5.74, 6) is -0.0679. The van der Waals surface area contributed by atoms with Crippen LogP contribution in [0.25, 0.3) is 0 Å². The summed E-state index contributed by atoms with van der Waals surface area (Å²) >= 11 is 0. The van der Waals surface area contributed by atoms with Gasteiger partial charge in [0.05, 0.1) is 6.61 Å². The third-order valence-corrected chi connectivity index (χ3v) is 3.98. The fourth-order valence-corrected chi connectivity index (χ4v) is 2.74. The van der Waals surface area contributed by atoms with Crippen molar-refractivity contribution in [2.75, 3.05) is 13.2 Å². The zero-order chi connectivity index (χ0) is 17.4. The Morgan fingerprint density at radius 3 is 2.42 bits per heavy atom. The quantitative estimate of drug-likeness (QED) is 0.752. The molecule has 0 fully saturated rings. The van der Waals surface area contributed by atoms with Crippen molar-refractivity contribution in [1.29, 1.82) is 0 Å². The van der Waals surface area contributed by atoms with Crippen LogP contribution in [0.4, 0.5) is 0 Å². The fourth-order valence-electron chi connectivity index (χ4n) is 2.74. The van der Waals surface area contributed by atoms with Crippen molar-refractivity contribution in [2.45, 2.75) is 39.2 Å². The molecule has 0 aromatic heterocycles. The predicted octanol–water partition coefficient (Wildman–Crippen LogP) is 3.69. The molecule has 2 aromatic carbocycles. The van der Waals surface area contributed by atoms with Gasteiger partial charge in [0.15, 0.2) is 0 Å². The van der Waals surface area contributed by atoms with Crippen molar-refractivity contribution in [2.24, 2.45) is 0 Å². The van der Waals surface area contributed by atoms with E-state index in [1.807, 2.05) is 44.2 Å². The van der Waals surface area contributed by atoms with Gasteiger partial charge in [-0.15, -0.1) is 0 Å². The molecule has 1 amide bonds. The van der Waals surface area contributed by atoms with Crippen molar-refractivity contribution in [3.8, 4) is 0 Å². The van der Waals surface area contributed by atoms with Gasteiger partial charge in [-0.1, -0.05) is 54.6 Å². The van der Waals surface area contributed by atoms with Crippen LogP contribution in [0.1, 0.15) is 30.5 Å². The maximum atomic E-state index is 12.1. The maximum absolute atomic E-state index is 12.1. The number of hydrogen-bond acceptors (Lipinski definition) is 2. The van der Waals surface area contributed by atoms with Crippen molar-refractivity contribution >= 4 is 5.91 Å². The first kappa shape index (κ1) is 18.2. The van der Waals surface area contributed by atoms with E-state index < -0.39 is 0 Å². The molecule has 0 saturated heterocycles. The number of rotatable bonds is 8. The average molecular weight is 325 g/mol. The summed E-state index contributed by atoms with van der Waals surface area (Å²) in [6.07, 6.45) is 1.62. The third kappa shape index (κ3) is 6.17. The molecule has 0 aliphatic carbocycles. The van der Waals surface area contributed by atoms with Crippen LogP contribution in [0.2, 0.25) is 0 Å². The molecule has 2 aromatic rings. The Labute approximate surface area is 145 Å². The molecule has 24 heavy (non-hydrogen) atoms. The van der Waals surface area contributed by atoms with Crippen LogP contribution in [0.3, 0.4) is 0 Å². The van der Waals surface area contributed by atoms with E-state index in [-0.39, 0.29) is 18.1 Å². The lowest BCUT2D eigenvalue weighted by molar-refractivity contribution is -0.127. The minimum Gasteiger partial charge on any atom is -0.371 e. The minimum absolute atomic E-state index is 0.0679. The van der Waals surface area contributed by atoms with Crippen LogP contribution in [0, 0.1) is 6.92 Å². The molecule has 3 nitrogen and oxygen atoms in total. The largest absolute Gasteiger partial charge is 0.371 e. The molecule has 0 radical (unpaired) electrons. The lowest BCUT2D eigenvalue weighted by Gasteiger charge is -2.27. The molecule has 0 heterocycles. The highest BCUT2D eigenvalue weighted by atomic mass is 16.5. The lowest BCUT2D eigenvalue weighted by atomic mass is 9.92. The Morgan fingerprint density at radius 2 is 1.71 bits per heavy atom. The average Bonchev–Trinajstić information content (AvgIpc) is 2.54. The molecule has 0 bridgehead atoms. The Morgan fingerprint density at radius 1 is 1.04 bits per heavy atom. The molecule has 1 N–H and O–H groups in total. The summed E-state index contributed by atoms with van der Waals surface area (Å²) in [6.45, 7) is 6.84. The van der Waals surface area contributed by atoms with Gasteiger partial charge < -0.3 is 10.1 Å². The first-order valence-corrected chi connectivity index (χ1v) is 8.43. The second-order valence-electron chi connectivity index (χ2n) is 6.82. The molecule has 0 aliphatic heterocycles. The fraction of sp³-hybridized carbons (Fsp3) is 0.381.